The van der Waals surface area contributed by atoms with Crippen molar-refractivity contribution in [2.45, 2.75) is 51.5 Å². The maximum Gasteiger partial charge on any atom is 0.226 e. The van der Waals surface area contributed by atoms with Crippen molar-refractivity contribution in [1.82, 2.24) is 4.90 Å². The molecule has 1 heterocycles. The van der Waals surface area contributed by atoms with Gasteiger partial charge in [0.05, 0.1) is 0 Å². The Morgan fingerprint density at radius 2 is 2.00 bits per heavy atom. The highest BCUT2D eigenvalue weighted by Gasteiger charge is 2.58. The number of likely N-dealkylation sites (tertiary alicyclic amines) is 1. The average Bonchev–Trinajstić information content (AvgIpc) is 2.89. The monoisotopic (exact) mass is 250 g/mol. The molecule has 1 aliphatic heterocycles. The summed E-state index contributed by atoms with van der Waals surface area (Å²) in [6.07, 6.45) is 7.46. The molecule has 1 saturated heterocycles. The highest BCUT2D eigenvalue weighted by atomic mass is 16.2. The van der Waals surface area contributed by atoms with E-state index in [9.17, 15) is 4.79 Å². The number of amides is 1. The van der Waals surface area contributed by atoms with Gasteiger partial charge in [0, 0.05) is 25.0 Å². The highest BCUT2D eigenvalue weighted by molar-refractivity contribution is 5.83. The van der Waals surface area contributed by atoms with Gasteiger partial charge in [0.1, 0.15) is 0 Å². The summed E-state index contributed by atoms with van der Waals surface area (Å²) in [5, 5.41) is 0. The van der Waals surface area contributed by atoms with Crippen molar-refractivity contribution in [1.29, 1.82) is 0 Å². The smallest absolute Gasteiger partial charge is 0.226 e. The van der Waals surface area contributed by atoms with E-state index in [2.05, 4.69) is 11.8 Å². The normalized spacial score (nSPS) is 42.8. The fourth-order valence-electron chi connectivity index (χ4n) is 4.40. The molecule has 4 atom stereocenters. The number of rotatable bonds is 3. The van der Waals surface area contributed by atoms with Crippen LogP contribution in [0.15, 0.2) is 0 Å². The molecule has 3 rings (SSSR count). The molecule has 3 fully saturated rings. The van der Waals surface area contributed by atoms with Gasteiger partial charge in [-0.1, -0.05) is 19.8 Å². The summed E-state index contributed by atoms with van der Waals surface area (Å²) >= 11 is 0. The molecule has 3 aliphatic rings. The first-order chi connectivity index (χ1) is 8.76. The molecule has 3 nitrogen and oxygen atoms in total. The van der Waals surface area contributed by atoms with E-state index in [1.165, 1.54) is 32.1 Å². The maximum absolute atomic E-state index is 12.6. The number of carbonyl (C=O) groups is 1. The van der Waals surface area contributed by atoms with Crippen LogP contribution >= 0.6 is 0 Å². The topological polar surface area (TPSA) is 46.3 Å². The summed E-state index contributed by atoms with van der Waals surface area (Å²) < 4.78 is 0. The molecule has 0 aromatic rings. The van der Waals surface area contributed by atoms with Gasteiger partial charge in [-0.3, -0.25) is 4.79 Å². The van der Waals surface area contributed by atoms with Crippen LogP contribution in [-0.2, 0) is 4.79 Å². The van der Waals surface area contributed by atoms with Gasteiger partial charge in [-0.05, 0) is 43.4 Å². The lowest BCUT2D eigenvalue weighted by molar-refractivity contribution is -0.137. The van der Waals surface area contributed by atoms with E-state index in [1.54, 1.807) is 0 Å². The summed E-state index contributed by atoms with van der Waals surface area (Å²) in [5.41, 5.74) is 5.89. The van der Waals surface area contributed by atoms with Crippen LogP contribution < -0.4 is 5.73 Å². The van der Waals surface area contributed by atoms with Crippen molar-refractivity contribution in [3.63, 3.8) is 0 Å². The lowest BCUT2D eigenvalue weighted by Gasteiger charge is -2.39. The van der Waals surface area contributed by atoms with E-state index in [0.29, 0.717) is 24.4 Å². The number of fused-ring (bicyclic) bond motifs is 1. The molecule has 2 N–H and O–H groups in total. The average molecular weight is 250 g/mol. The molecule has 4 unspecified atom stereocenters. The Balaban J connectivity index is 1.63. The third-order valence-electron chi connectivity index (χ3n) is 5.65. The van der Waals surface area contributed by atoms with Gasteiger partial charge in [-0.15, -0.1) is 0 Å². The molecular weight excluding hydrogens is 224 g/mol. The summed E-state index contributed by atoms with van der Waals surface area (Å²) in [7, 11) is 0. The van der Waals surface area contributed by atoms with Crippen LogP contribution in [0.1, 0.15) is 45.4 Å². The van der Waals surface area contributed by atoms with Crippen molar-refractivity contribution in [2.75, 3.05) is 13.1 Å². The van der Waals surface area contributed by atoms with Crippen molar-refractivity contribution in [3.05, 3.63) is 0 Å². The lowest BCUT2D eigenvalue weighted by atomic mass is 9.88. The number of nitrogens with zero attached hydrogens (tertiary/aromatic N) is 1. The van der Waals surface area contributed by atoms with Crippen molar-refractivity contribution in [2.24, 2.45) is 29.4 Å². The van der Waals surface area contributed by atoms with Gasteiger partial charge in [0.2, 0.25) is 5.91 Å². The fourth-order valence-corrected chi connectivity index (χ4v) is 4.40. The Morgan fingerprint density at radius 1 is 1.28 bits per heavy atom. The van der Waals surface area contributed by atoms with Gasteiger partial charge >= 0.3 is 0 Å². The van der Waals surface area contributed by atoms with E-state index in [4.69, 9.17) is 5.73 Å². The molecule has 2 aliphatic carbocycles. The quantitative estimate of drug-likeness (QED) is 0.833. The molecule has 0 aromatic heterocycles. The molecule has 3 heteroatoms. The Bertz CT molecular complexity index is 320. The first-order valence-corrected chi connectivity index (χ1v) is 7.76. The van der Waals surface area contributed by atoms with Gasteiger partial charge < -0.3 is 10.6 Å². The zero-order chi connectivity index (χ0) is 12.7. The Labute approximate surface area is 110 Å². The SMILES string of the molecule is CCC1CCN(C(=O)C2C3CCCC32)C(CN)C1. The van der Waals surface area contributed by atoms with E-state index in [-0.39, 0.29) is 0 Å². The van der Waals surface area contributed by atoms with Crippen LogP contribution in [0, 0.1) is 23.7 Å². The van der Waals surface area contributed by atoms with Crippen LogP contribution in [0.25, 0.3) is 0 Å². The molecule has 0 radical (unpaired) electrons. The lowest BCUT2D eigenvalue weighted by Crippen LogP contribution is -2.50. The van der Waals surface area contributed by atoms with Gasteiger partial charge in [-0.25, -0.2) is 0 Å². The molecule has 0 bridgehead atoms. The predicted molar refractivity (Wildman–Crippen MR) is 71.9 cm³/mol. The number of nitrogens with two attached hydrogens (primary N) is 1. The zero-order valence-corrected chi connectivity index (χ0v) is 11.5. The molecule has 0 spiro atoms. The number of hydrogen-bond donors (Lipinski definition) is 1. The minimum absolute atomic E-state index is 0.317. The Kier molecular flexibility index (Phi) is 3.35. The molecular formula is C15H26N2O. The molecule has 18 heavy (non-hydrogen) atoms. The van der Waals surface area contributed by atoms with Crippen molar-refractivity contribution >= 4 is 5.91 Å². The molecule has 1 amide bonds. The van der Waals surface area contributed by atoms with E-state index in [1.807, 2.05) is 0 Å². The van der Waals surface area contributed by atoms with E-state index < -0.39 is 0 Å². The number of piperidine rings is 1. The summed E-state index contributed by atoms with van der Waals surface area (Å²) in [5.74, 6) is 3.07. The first-order valence-electron chi connectivity index (χ1n) is 7.76. The minimum Gasteiger partial charge on any atom is -0.338 e. The van der Waals surface area contributed by atoms with Gasteiger partial charge in [-0.2, -0.15) is 0 Å². The molecule has 0 aromatic carbocycles. The van der Waals surface area contributed by atoms with Crippen LogP contribution in [-0.4, -0.2) is 29.9 Å². The van der Waals surface area contributed by atoms with Crippen LogP contribution in [0.4, 0.5) is 0 Å². The first kappa shape index (κ1) is 12.5. The largest absolute Gasteiger partial charge is 0.338 e. The summed E-state index contributed by atoms with van der Waals surface area (Å²) in [6.45, 7) is 3.85. The van der Waals surface area contributed by atoms with Crippen LogP contribution in [0.3, 0.4) is 0 Å². The second kappa shape index (κ2) is 4.84. The van der Waals surface area contributed by atoms with Gasteiger partial charge in [0.15, 0.2) is 0 Å². The van der Waals surface area contributed by atoms with Crippen LogP contribution in [0.5, 0.6) is 0 Å². The second-order valence-electron chi connectivity index (χ2n) is 6.50. The second-order valence-corrected chi connectivity index (χ2v) is 6.50. The number of carbonyl (C=O) groups excluding carboxylic acids is 1. The minimum atomic E-state index is 0.317. The van der Waals surface area contributed by atoms with Crippen LogP contribution in [0.2, 0.25) is 0 Å². The van der Waals surface area contributed by atoms with Crippen molar-refractivity contribution < 1.29 is 4.79 Å². The van der Waals surface area contributed by atoms with E-state index >= 15 is 0 Å². The molecule has 2 saturated carbocycles. The predicted octanol–water partition coefficient (Wildman–Crippen LogP) is 2.01. The fraction of sp³-hybridized carbons (Fsp3) is 0.933. The third kappa shape index (κ3) is 1.97. The highest BCUT2D eigenvalue weighted by Crippen LogP contribution is 2.58. The van der Waals surface area contributed by atoms with E-state index in [0.717, 1.165) is 30.7 Å². The third-order valence-corrected chi connectivity index (χ3v) is 5.65. The summed E-state index contributed by atoms with van der Waals surface area (Å²) in [6, 6.07) is 0.317. The number of hydrogen-bond acceptors (Lipinski definition) is 2. The van der Waals surface area contributed by atoms with Crippen molar-refractivity contribution in [3.8, 4) is 0 Å². The zero-order valence-electron chi connectivity index (χ0n) is 11.5. The van der Waals surface area contributed by atoms with Gasteiger partial charge in [0.25, 0.3) is 0 Å². The molecule has 102 valence electrons. The maximum atomic E-state index is 12.6. The Hall–Kier alpha value is -0.570. The summed E-state index contributed by atoms with van der Waals surface area (Å²) in [4.78, 5) is 14.7. The standard InChI is InChI=1S/C15H26N2O/c1-2-10-6-7-17(11(8-10)9-16)15(18)14-12-4-3-5-13(12)14/h10-14H,2-9,16H2,1H3. The Morgan fingerprint density at radius 3 is 2.61 bits per heavy atom.